The number of amides is 1. The predicted molar refractivity (Wildman–Crippen MR) is 119 cm³/mol. The van der Waals surface area contributed by atoms with Crippen molar-refractivity contribution in [2.24, 2.45) is 5.92 Å². The number of nitrogens with zero attached hydrogens (tertiary/aromatic N) is 3. The number of carbonyl (C=O) groups excluding carboxylic acids is 1. The molecule has 5 heteroatoms. The van der Waals surface area contributed by atoms with Crippen LogP contribution in [0.1, 0.15) is 30.9 Å². The van der Waals surface area contributed by atoms with Crippen molar-refractivity contribution in [3.8, 4) is 0 Å². The van der Waals surface area contributed by atoms with Gasteiger partial charge in [0.2, 0.25) is 5.91 Å². The van der Waals surface area contributed by atoms with Crippen LogP contribution in [0.4, 0.5) is 4.39 Å². The number of likely N-dealkylation sites (N-methyl/N-ethyl adjacent to an activating group) is 1. The molecule has 0 aliphatic carbocycles. The molecule has 1 aliphatic heterocycles. The lowest BCUT2D eigenvalue weighted by Crippen LogP contribution is -2.44. The number of piperidine rings is 1. The Hall–Kier alpha value is -2.24. The first-order chi connectivity index (χ1) is 14.5. The molecule has 1 amide bonds. The van der Waals surface area contributed by atoms with Crippen molar-refractivity contribution < 1.29 is 9.18 Å². The summed E-state index contributed by atoms with van der Waals surface area (Å²) in [6.45, 7) is 7.54. The summed E-state index contributed by atoms with van der Waals surface area (Å²) in [6, 6.07) is 17.1. The highest BCUT2D eigenvalue weighted by Crippen LogP contribution is 2.19. The van der Waals surface area contributed by atoms with Gasteiger partial charge in [-0.05, 0) is 69.1 Å². The fraction of sp³-hybridized carbons (Fsp3) is 0.480. The van der Waals surface area contributed by atoms with E-state index in [2.05, 4.69) is 47.2 Å². The zero-order valence-electron chi connectivity index (χ0n) is 18.3. The van der Waals surface area contributed by atoms with Gasteiger partial charge in [0.25, 0.3) is 0 Å². The fourth-order valence-corrected chi connectivity index (χ4v) is 4.25. The fourth-order valence-electron chi connectivity index (χ4n) is 4.25. The summed E-state index contributed by atoms with van der Waals surface area (Å²) >= 11 is 0. The SMILES string of the molecule is CCN(Cc1cccc(F)c1)C(=O)CN1CCC(CN(C)Cc2ccccc2)CC1. The van der Waals surface area contributed by atoms with Crippen molar-refractivity contribution in [3.63, 3.8) is 0 Å². The summed E-state index contributed by atoms with van der Waals surface area (Å²) < 4.78 is 13.4. The Morgan fingerprint density at radius 1 is 1.03 bits per heavy atom. The standard InChI is InChI=1S/C25H34FN3O/c1-3-29(19-23-10-7-11-24(26)16-23)25(30)20-28-14-12-22(13-15-28)18-27(2)17-21-8-5-4-6-9-21/h4-11,16,22H,3,12-15,17-20H2,1-2H3. The number of halogens is 1. The average molecular weight is 412 g/mol. The third-order valence-corrected chi connectivity index (χ3v) is 5.93. The van der Waals surface area contributed by atoms with Crippen LogP contribution < -0.4 is 0 Å². The maximum absolute atomic E-state index is 13.4. The molecule has 162 valence electrons. The number of hydrogen-bond donors (Lipinski definition) is 0. The van der Waals surface area contributed by atoms with Gasteiger partial charge in [0, 0.05) is 26.2 Å². The van der Waals surface area contributed by atoms with Crippen LogP contribution in [0.15, 0.2) is 54.6 Å². The number of carbonyl (C=O) groups is 1. The van der Waals surface area contributed by atoms with Crippen molar-refractivity contribution >= 4 is 5.91 Å². The highest BCUT2D eigenvalue weighted by atomic mass is 19.1. The lowest BCUT2D eigenvalue weighted by molar-refractivity contribution is -0.133. The van der Waals surface area contributed by atoms with Crippen LogP contribution in [0.5, 0.6) is 0 Å². The molecule has 0 atom stereocenters. The Morgan fingerprint density at radius 2 is 1.73 bits per heavy atom. The molecule has 3 rings (SSSR count). The summed E-state index contributed by atoms with van der Waals surface area (Å²) in [5, 5.41) is 0. The van der Waals surface area contributed by atoms with E-state index in [0.29, 0.717) is 25.6 Å². The molecular weight excluding hydrogens is 377 g/mol. The lowest BCUT2D eigenvalue weighted by atomic mass is 9.96. The molecule has 1 fully saturated rings. The quantitative estimate of drug-likeness (QED) is 0.624. The first-order valence-electron chi connectivity index (χ1n) is 11.0. The van der Waals surface area contributed by atoms with E-state index in [1.54, 1.807) is 6.07 Å². The Kier molecular flexibility index (Phi) is 8.40. The van der Waals surface area contributed by atoms with E-state index in [9.17, 15) is 9.18 Å². The van der Waals surface area contributed by atoms with Gasteiger partial charge in [-0.1, -0.05) is 42.5 Å². The Morgan fingerprint density at radius 3 is 2.40 bits per heavy atom. The largest absolute Gasteiger partial charge is 0.338 e. The smallest absolute Gasteiger partial charge is 0.237 e. The molecular formula is C25H34FN3O. The molecule has 0 radical (unpaired) electrons. The minimum absolute atomic E-state index is 0.126. The Balaban J connectivity index is 1.41. The van der Waals surface area contributed by atoms with Gasteiger partial charge < -0.3 is 9.80 Å². The van der Waals surface area contributed by atoms with Crippen molar-refractivity contribution in [2.75, 3.05) is 39.8 Å². The molecule has 0 bridgehead atoms. The lowest BCUT2D eigenvalue weighted by Gasteiger charge is -2.34. The van der Waals surface area contributed by atoms with Gasteiger partial charge in [0.05, 0.1) is 6.54 Å². The molecule has 0 saturated carbocycles. The predicted octanol–water partition coefficient (Wildman–Crippen LogP) is 4.02. The van der Waals surface area contributed by atoms with Gasteiger partial charge >= 0.3 is 0 Å². The van der Waals surface area contributed by atoms with E-state index < -0.39 is 0 Å². The third-order valence-electron chi connectivity index (χ3n) is 5.93. The summed E-state index contributed by atoms with van der Waals surface area (Å²) in [7, 11) is 2.19. The molecule has 0 N–H and O–H groups in total. The van der Waals surface area contributed by atoms with Gasteiger partial charge in [-0.25, -0.2) is 4.39 Å². The van der Waals surface area contributed by atoms with Crippen molar-refractivity contribution in [1.82, 2.24) is 14.7 Å². The molecule has 2 aromatic rings. The highest BCUT2D eigenvalue weighted by Gasteiger charge is 2.23. The van der Waals surface area contributed by atoms with E-state index in [-0.39, 0.29) is 11.7 Å². The van der Waals surface area contributed by atoms with Gasteiger partial charge in [-0.15, -0.1) is 0 Å². The van der Waals surface area contributed by atoms with Crippen LogP contribution in [-0.2, 0) is 17.9 Å². The van der Waals surface area contributed by atoms with Gasteiger partial charge in [0.1, 0.15) is 5.82 Å². The highest BCUT2D eigenvalue weighted by molar-refractivity contribution is 5.78. The van der Waals surface area contributed by atoms with Crippen LogP contribution in [0.2, 0.25) is 0 Å². The second-order valence-electron chi connectivity index (χ2n) is 8.44. The summed E-state index contributed by atoms with van der Waals surface area (Å²) in [5.74, 6) is 0.552. The topological polar surface area (TPSA) is 26.8 Å². The van der Waals surface area contributed by atoms with Crippen molar-refractivity contribution in [3.05, 3.63) is 71.5 Å². The number of hydrogen-bond acceptors (Lipinski definition) is 3. The van der Waals surface area contributed by atoms with Crippen LogP contribution in [0.25, 0.3) is 0 Å². The Bertz CT molecular complexity index is 790. The number of benzene rings is 2. The molecule has 1 heterocycles. The molecule has 0 spiro atoms. The zero-order chi connectivity index (χ0) is 21.3. The molecule has 30 heavy (non-hydrogen) atoms. The maximum Gasteiger partial charge on any atom is 0.237 e. The van der Waals surface area contributed by atoms with E-state index in [1.165, 1.54) is 17.7 Å². The molecule has 1 saturated heterocycles. The van der Waals surface area contributed by atoms with Gasteiger partial charge in [0.15, 0.2) is 0 Å². The first-order valence-corrected chi connectivity index (χ1v) is 11.0. The van der Waals surface area contributed by atoms with Gasteiger partial charge in [-0.2, -0.15) is 0 Å². The summed E-state index contributed by atoms with van der Waals surface area (Å²) in [5.41, 5.74) is 2.19. The summed E-state index contributed by atoms with van der Waals surface area (Å²) in [6.07, 6.45) is 2.25. The maximum atomic E-state index is 13.4. The molecule has 0 aromatic heterocycles. The van der Waals surface area contributed by atoms with Crippen molar-refractivity contribution in [2.45, 2.75) is 32.9 Å². The second-order valence-corrected chi connectivity index (χ2v) is 8.44. The van der Waals surface area contributed by atoms with Crippen LogP contribution in [-0.4, -0.2) is 60.4 Å². The van der Waals surface area contributed by atoms with E-state index in [4.69, 9.17) is 0 Å². The van der Waals surface area contributed by atoms with E-state index in [1.807, 2.05) is 17.9 Å². The molecule has 0 unspecified atom stereocenters. The third kappa shape index (κ3) is 6.92. The Labute approximate surface area is 180 Å². The monoisotopic (exact) mass is 411 g/mol. The van der Waals surface area contributed by atoms with Crippen LogP contribution >= 0.6 is 0 Å². The minimum atomic E-state index is -0.254. The molecule has 4 nitrogen and oxygen atoms in total. The molecule has 1 aliphatic rings. The normalized spacial score (nSPS) is 15.5. The van der Waals surface area contributed by atoms with Gasteiger partial charge in [-0.3, -0.25) is 9.69 Å². The van der Waals surface area contributed by atoms with Crippen LogP contribution in [0.3, 0.4) is 0 Å². The minimum Gasteiger partial charge on any atom is -0.338 e. The zero-order valence-corrected chi connectivity index (χ0v) is 18.3. The average Bonchev–Trinajstić information content (AvgIpc) is 2.74. The first kappa shape index (κ1) is 22.4. The summed E-state index contributed by atoms with van der Waals surface area (Å²) in [4.78, 5) is 19.3. The number of likely N-dealkylation sites (tertiary alicyclic amines) is 1. The second kappa shape index (κ2) is 11.2. The molecule has 2 aromatic carbocycles. The number of rotatable bonds is 9. The van der Waals surface area contributed by atoms with E-state index in [0.717, 1.165) is 44.6 Å². The van der Waals surface area contributed by atoms with Crippen LogP contribution in [0, 0.1) is 11.7 Å². The van der Waals surface area contributed by atoms with E-state index >= 15 is 0 Å². The van der Waals surface area contributed by atoms with Crippen molar-refractivity contribution in [1.29, 1.82) is 0 Å².